The molecule has 0 spiro atoms. The van der Waals surface area contributed by atoms with Gasteiger partial charge in [0, 0.05) is 5.69 Å². The molecule has 4 rings (SSSR count). The van der Waals surface area contributed by atoms with Gasteiger partial charge in [-0.3, -0.25) is 4.79 Å². The van der Waals surface area contributed by atoms with Gasteiger partial charge in [0.15, 0.2) is 10.3 Å². The molecule has 0 unspecified atom stereocenters. The highest BCUT2D eigenvalue weighted by Gasteiger charge is 2.10. The number of hydrogen-bond donors (Lipinski definition) is 1. The van der Waals surface area contributed by atoms with Crippen LogP contribution >= 0.6 is 34.3 Å². The molecule has 1 aromatic carbocycles. The highest BCUT2D eigenvalue weighted by molar-refractivity contribution is 7.17. The summed E-state index contributed by atoms with van der Waals surface area (Å²) >= 11 is 8.99. The van der Waals surface area contributed by atoms with Gasteiger partial charge in [0.25, 0.3) is 5.56 Å². The van der Waals surface area contributed by atoms with Crippen LogP contribution in [0.3, 0.4) is 0 Å². The molecule has 0 aliphatic rings. The SMILES string of the molecule is Cc1nc2sccc2c(=O)n1/N=C/c1sc(Nc2ccccc2)nc1Cl. The maximum absolute atomic E-state index is 12.5. The highest BCUT2D eigenvalue weighted by Crippen LogP contribution is 2.28. The van der Waals surface area contributed by atoms with E-state index in [1.54, 1.807) is 13.0 Å². The summed E-state index contributed by atoms with van der Waals surface area (Å²) in [6.07, 6.45) is 1.53. The Labute approximate surface area is 161 Å². The lowest BCUT2D eigenvalue weighted by Crippen LogP contribution is -2.19. The molecule has 6 nitrogen and oxygen atoms in total. The van der Waals surface area contributed by atoms with Crippen molar-refractivity contribution in [1.29, 1.82) is 0 Å². The third kappa shape index (κ3) is 3.26. The van der Waals surface area contributed by atoms with E-state index in [-0.39, 0.29) is 5.56 Å². The molecule has 3 heterocycles. The second-order valence-corrected chi connectivity index (χ2v) is 7.61. The third-order valence-corrected chi connectivity index (χ3v) is 5.67. The van der Waals surface area contributed by atoms with Crippen LogP contribution in [-0.4, -0.2) is 20.9 Å². The quantitative estimate of drug-likeness (QED) is 0.511. The number of aromatic nitrogens is 3. The highest BCUT2D eigenvalue weighted by atomic mass is 35.5. The van der Waals surface area contributed by atoms with Crippen molar-refractivity contribution in [2.75, 3.05) is 5.32 Å². The molecule has 0 saturated heterocycles. The van der Waals surface area contributed by atoms with Crippen molar-refractivity contribution < 1.29 is 0 Å². The Hall–Kier alpha value is -2.55. The topological polar surface area (TPSA) is 72.2 Å². The summed E-state index contributed by atoms with van der Waals surface area (Å²) in [5.74, 6) is 0.518. The van der Waals surface area contributed by atoms with Crippen molar-refractivity contribution in [1.82, 2.24) is 14.6 Å². The van der Waals surface area contributed by atoms with Gasteiger partial charge in [0.05, 0.1) is 16.5 Å². The predicted octanol–water partition coefficient (Wildman–Crippen LogP) is 4.50. The van der Waals surface area contributed by atoms with Gasteiger partial charge < -0.3 is 5.32 Å². The number of fused-ring (bicyclic) bond motifs is 1. The summed E-state index contributed by atoms with van der Waals surface area (Å²) in [6.45, 7) is 1.74. The molecule has 0 atom stereocenters. The first-order chi connectivity index (χ1) is 12.6. The van der Waals surface area contributed by atoms with E-state index in [1.165, 1.54) is 33.6 Å². The summed E-state index contributed by atoms with van der Waals surface area (Å²) in [4.78, 5) is 22.6. The molecule has 0 saturated carbocycles. The van der Waals surface area contributed by atoms with Crippen LogP contribution in [0.2, 0.25) is 5.15 Å². The average Bonchev–Trinajstić information content (AvgIpc) is 3.22. The second kappa shape index (κ2) is 6.99. The molecule has 0 aliphatic carbocycles. The Morgan fingerprint density at radius 1 is 1.23 bits per heavy atom. The van der Waals surface area contributed by atoms with Crippen LogP contribution in [0.15, 0.2) is 51.7 Å². The molecule has 26 heavy (non-hydrogen) atoms. The van der Waals surface area contributed by atoms with Crippen molar-refractivity contribution in [3.05, 3.63) is 68.0 Å². The second-order valence-electron chi connectivity index (χ2n) is 5.33. The van der Waals surface area contributed by atoms with Crippen molar-refractivity contribution in [2.24, 2.45) is 5.10 Å². The van der Waals surface area contributed by atoms with Gasteiger partial charge in [0.2, 0.25) is 0 Å². The lowest BCUT2D eigenvalue weighted by molar-refractivity contribution is 0.772. The minimum atomic E-state index is -0.201. The van der Waals surface area contributed by atoms with Gasteiger partial charge in [-0.2, -0.15) is 9.78 Å². The fraction of sp³-hybridized carbons (Fsp3) is 0.0588. The average molecular weight is 402 g/mol. The molecular weight excluding hydrogens is 390 g/mol. The lowest BCUT2D eigenvalue weighted by Gasteiger charge is -2.02. The summed E-state index contributed by atoms with van der Waals surface area (Å²) < 4.78 is 1.27. The number of hydrogen-bond acceptors (Lipinski definition) is 7. The van der Waals surface area contributed by atoms with Crippen LogP contribution < -0.4 is 10.9 Å². The van der Waals surface area contributed by atoms with Crippen molar-refractivity contribution >= 4 is 61.5 Å². The Kier molecular flexibility index (Phi) is 4.54. The normalized spacial score (nSPS) is 11.5. The van der Waals surface area contributed by atoms with Crippen molar-refractivity contribution in [2.45, 2.75) is 6.92 Å². The zero-order chi connectivity index (χ0) is 18.1. The minimum Gasteiger partial charge on any atom is -0.331 e. The van der Waals surface area contributed by atoms with E-state index in [0.29, 0.717) is 31.2 Å². The Morgan fingerprint density at radius 2 is 2.04 bits per heavy atom. The minimum absolute atomic E-state index is 0.201. The largest absolute Gasteiger partial charge is 0.331 e. The number of halogens is 1. The summed E-state index contributed by atoms with van der Waals surface area (Å²) in [5.41, 5.74) is 0.717. The van der Waals surface area contributed by atoms with Gasteiger partial charge in [0.1, 0.15) is 10.7 Å². The van der Waals surface area contributed by atoms with Gasteiger partial charge in [-0.15, -0.1) is 11.3 Å². The van der Waals surface area contributed by atoms with Crippen LogP contribution in [-0.2, 0) is 0 Å². The van der Waals surface area contributed by atoms with E-state index in [0.717, 1.165) is 5.69 Å². The molecule has 0 radical (unpaired) electrons. The van der Waals surface area contributed by atoms with E-state index in [2.05, 4.69) is 20.4 Å². The molecule has 0 fully saturated rings. The third-order valence-electron chi connectivity index (χ3n) is 3.56. The Morgan fingerprint density at radius 3 is 2.85 bits per heavy atom. The lowest BCUT2D eigenvalue weighted by atomic mass is 10.3. The number of thiophene rings is 1. The van der Waals surface area contributed by atoms with Gasteiger partial charge >= 0.3 is 0 Å². The summed E-state index contributed by atoms with van der Waals surface area (Å²) in [6, 6.07) is 11.4. The van der Waals surface area contributed by atoms with Crippen LogP contribution in [0.5, 0.6) is 0 Å². The van der Waals surface area contributed by atoms with Crippen LogP contribution in [0.25, 0.3) is 10.2 Å². The molecular formula is C17H12ClN5OS2. The Bertz CT molecular complexity index is 1160. The number of para-hydroxylation sites is 1. The number of nitrogens with one attached hydrogen (secondary N) is 1. The number of aryl methyl sites for hydroxylation is 1. The molecule has 9 heteroatoms. The smallest absolute Gasteiger partial charge is 0.282 e. The fourth-order valence-corrected chi connectivity index (χ4v) is 4.19. The maximum Gasteiger partial charge on any atom is 0.282 e. The van der Waals surface area contributed by atoms with Crippen molar-refractivity contribution in [3.63, 3.8) is 0 Å². The zero-order valence-electron chi connectivity index (χ0n) is 13.5. The molecule has 0 aliphatic heterocycles. The first-order valence-corrected chi connectivity index (χ1v) is 9.69. The van der Waals surface area contributed by atoms with E-state index in [4.69, 9.17) is 11.6 Å². The number of benzene rings is 1. The van der Waals surface area contributed by atoms with Gasteiger partial charge in [-0.1, -0.05) is 41.1 Å². The predicted molar refractivity (Wildman–Crippen MR) is 108 cm³/mol. The number of thiazole rings is 1. The first-order valence-electron chi connectivity index (χ1n) is 7.61. The summed E-state index contributed by atoms with van der Waals surface area (Å²) in [7, 11) is 0. The fourth-order valence-electron chi connectivity index (χ4n) is 2.34. The van der Waals surface area contributed by atoms with Gasteiger partial charge in [-0.05, 0) is 30.5 Å². The zero-order valence-corrected chi connectivity index (χ0v) is 15.9. The molecule has 4 aromatic rings. The van der Waals surface area contributed by atoms with Crippen LogP contribution in [0.4, 0.5) is 10.8 Å². The molecule has 130 valence electrons. The maximum atomic E-state index is 12.5. The first kappa shape index (κ1) is 16.9. The number of rotatable bonds is 4. The van der Waals surface area contributed by atoms with Crippen LogP contribution in [0.1, 0.15) is 10.7 Å². The van der Waals surface area contributed by atoms with Crippen molar-refractivity contribution in [3.8, 4) is 0 Å². The van der Waals surface area contributed by atoms with Crippen LogP contribution in [0, 0.1) is 6.92 Å². The molecule has 0 bridgehead atoms. The van der Waals surface area contributed by atoms with E-state index in [1.807, 2.05) is 35.7 Å². The van der Waals surface area contributed by atoms with E-state index < -0.39 is 0 Å². The number of anilines is 2. The van der Waals surface area contributed by atoms with E-state index >= 15 is 0 Å². The summed E-state index contributed by atoms with van der Waals surface area (Å²) in [5, 5.41) is 10.8. The molecule has 0 amide bonds. The number of nitrogens with zero attached hydrogens (tertiary/aromatic N) is 4. The van der Waals surface area contributed by atoms with E-state index in [9.17, 15) is 4.79 Å². The monoisotopic (exact) mass is 401 g/mol. The van der Waals surface area contributed by atoms with Gasteiger partial charge in [-0.25, -0.2) is 9.97 Å². The standard InChI is InChI=1S/C17H12ClN5OS2/c1-10-20-15-12(7-8-25-15)16(24)23(10)19-9-13-14(18)22-17(26-13)21-11-5-3-2-4-6-11/h2-9H,1H3,(H,21,22)/b19-9+. The molecule has 3 aromatic heterocycles. The molecule has 1 N–H and O–H groups in total. The Balaban J connectivity index is 1.64.